The Kier molecular flexibility index (Phi) is 58.3. The molecule has 1 aliphatic heterocycles. The highest BCUT2D eigenvalue weighted by Gasteiger charge is 2.13. The normalized spacial score (nSPS) is 11.3. The van der Waals surface area contributed by atoms with E-state index in [1.54, 1.807) is 128 Å². The number of nitrogens with two attached hydrogens (primary N) is 10. The lowest BCUT2D eigenvalue weighted by atomic mass is 9.98. The van der Waals surface area contributed by atoms with Gasteiger partial charge in [0.05, 0.1) is 45.6 Å². The highest BCUT2D eigenvalue weighted by molar-refractivity contribution is 14.1. The van der Waals surface area contributed by atoms with E-state index < -0.39 is 23.6 Å². The first kappa shape index (κ1) is 114. The van der Waals surface area contributed by atoms with Gasteiger partial charge in [-0.15, -0.1) is 5.10 Å². The van der Waals surface area contributed by atoms with Crippen molar-refractivity contribution in [2.24, 2.45) is 108 Å². The van der Waals surface area contributed by atoms with E-state index in [2.05, 4.69) is 126 Å². The van der Waals surface area contributed by atoms with Gasteiger partial charge in [-0.3, -0.25) is 65.4 Å². The molecule has 0 fully saturated rings. The third kappa shape index (κ3) is 50.3. The summed E-state index contributed by atoms with van der Waals surface area (Å²) in [7, 11) is 1.56. The maximum Gasteiger partial charge on any atom is 0.239 e. The number of aryl methyl sites for hydroxylation is 2. The highest BCUT2D eigenvalue weighted by atomic mass is 127. The van der Waals surface area contributed by atoms with Crippen molar-refractivity contribution in [1.82, 2.24) is 15.3 Å². The largest absolute Gasteiger partial charge is 0.387 e. The maximum absolute atomic E-state index is 12.9. The summed E-state index contributed by atoms with van der Waals surface area (Å²) in [6, 6.07) is 56.3. The fraction of sp³-hybridized carbons (Fsp3) is 0.184. The molecular formula is C87H98BrCl9FIN26O4. The predicted octanol–water partition coefficient (Wildman–Crippen LogP) is 15.0. The van der Waals surface area contributed by atoms with E-state index >= 15 is 0 Å². The first-order valence-corrected chi connectivity index (χ1v) is 43.3. The van der Waals surface area contributed by atoms with Crippen LogP contribution in [0.4, 0.5) is 4.39 Å². The Morgan fingerprint density at radius 3 is 1.33 bits per heavy atom. The van der Waals surface area contributed by atoms with E-state index in [9.17, 15) is 23.6 Å². The molecule has 9 aromatic rings. The van der Waals surface area contributed by atoms with Crippen LogP contribution in [-0.4, -0.2) is 172 Å². The average molecular weight is 2120 g/mol. The van der Waals surface area contributed by atoms with Gasteiger partial charge in [0.1, 0.15) is 43.7 Å². The van der Waals surface area contributed by atoms with E-state index in [1.165, 1.54) is 52.6 Å². The van der Waals surface area contributed by atoms with E-state index in [4.69, 9.17) is 178 Å². The van der Waals surface area contributed by atoms with Crippen molar-refractivity contribution in [1.29, 1.82) is 16.2 Å². The molecule has 0 bridgehead atoms. The summed E-state index contributed by atoms with van der Waals surface area (Å²) in [6.45, 7) is 6.86. The van der Waals surface area contributed by atoms with Crippen molar-refractivity contribution >= 4 is 246 Å². The van der Waals surface area contributed by atoms with E-state index in [0.717, 1.165) is 68.2 Å². The van der Waals surface area contributed by atoms with Gasteiger partial charge in [-0.05, 0) is 137 Å². The van der Waals surface area contributed by atoms with Gasteiger partial charge < -0.3 is 62.7 Å². The molecule has 30 nitrogen and oxygen atoms in total. The molecule has 0 atom stereocenters. The minimum atomic E-state index is -0.535. The van der Waals surface area contributed by atoms with Crippen LogP contribution in [-0.2, 0) is 45.0 Å². The smallest absolute Gasteiger partial charge is 0.239 e. The van der Waals surface area contributed by atoms with Crippen LogP contribution in [0.5, 0.6) is 0 Å². The van der Waals surface area contributed by atoms with Gasteiger partial charge >= 0.3 is 0 Å². The summed E-state index contributed by atoms with van der Waals surface area (Å²) in [5, 5.41) is 47.5. The van der Waals surface area contributed by atoms with Crippen molar-refractivity contribution in [2.75, 3.05) is 59.4 Å². The number of benzene rings is 9. The van der Waals surface area contributed by atoms with Crippen LogP contribution in [0.15, 0.2) is 243 Å². The van der Waals surface area contributed by atoms with Gasteiger partial charge in [-0.25, -0.2) is 14.4 Å². The van der Waals surface area contributed by atoms with Crippen molar-refractivity contribution in [3.05, 3.63) is 308 Å². The number of amides is 4. The minimum absolute atomic E-state index is 0.00871. The zero-order valence-electron chi connectivity index (χ0n) is 70.0. The maximum atomic E-state index is 12.9. The lowest BCUT2D eigenvalue weighted by molar-refractivity contribution is -0.117. The number of guanidine groups is 3. The number of rotatable bonds is 28. The van der Waals surface area contributed by atoms with Crippen LogP contribution in [0.3, 0.4) is 0 Å². The van der Waals surface area contributed by atoms with Crippen LogP contribution in [0.1, 0.15) is 81.5 Å². The Labute approximate surface area is 815 Å². The Hall–Kier alpha value is -11.3. The third-order valence-electron chi connectivity index (χ3n) is 15.5. The number of carbonyl (C=O) groups is 4. The van der Waals surface area contributed by atoms with Crippen molar-refractivity contribution in [3.8, 4) is 0 Å². The molecule has 1 heterocycles. The first-order chi connectivity index (χ1) is 61.4. The van der Waals surface area contributed by atoms with E-state index in [-0.39, 0.29) is 62.1 Å². The number of halogens is 12. The lowest BCUT2D eigenvalue weighted by Crippen LogP contribution is -2.37. The highest BCUT2D eigenvalue weighted by Crippen LogP contribution is 2.27. The summed E-state index contributed by atoms with van der Waals surface area (Å²) in [5.74, 6) is -1.82. The van der Waals surface area contributed by atoms with Gasteiger partial charge in [0.15, 0.2) is 0 Å². The molecule has 684 valence electrons. The van der Waals surface area contributed by atoms with Gasteiger partial charge in [0.2, 0.25) is 41.5 Å². The molecule has 0 unspecified atom stereocenters. The van der Waals surface area contributed by atoms with Gasteiger partial charge in [0, 0.05) is 142 Å². The van der Waals surface area contributed by atoms with E-state index in [0.29, 0.717) is 87.4 Å². The summed E-state index contributed by atoms with van der Waals surface area (Å²) in [4.78, 5) is 64.9. The molecule has 1 aliphatic rings. The molecule has 24 N–H and O–H groups in total. The fourth-order valence-electron chi connectivity index (χ4n) is 9.26. The molecule has 0 saturated carbocycles. The fourth-order valence-corrected chi connectivity index (χ4v) is 12.4. The van der Waals surface area contributed by atoms with Gasteiger partial charge in [-0.1, -0.05) is 249 Å². The molecular weight excluding hydrogens is 2020 g/mol. The van der Waals surface area contributed by atoms with Crippen molar-refractivity contribution < 1.29 is 23.6 Å². The Bertz CT molecular complexity index is 5080. The molecule has 0 radical (unpaired) electrons. The molecule has 129 heavy (non-hydrogen) atoms. The molecule has 0 aromatic heterocycles. The number of amidine groups is 2. The minimum Gasteiger partial charge on any atom is -0.387 e. The molecule has 4 amide bonds. The second kappa shape index (κ2) is 66.1. The Balaban J connectivity index is 0.000000492. The summed E-state index contributed by atoms with van der Waals surface area (Å²) in [5.41, 5.74) is 61.0. The zero-order chi connectivity index (χ0) is 96.2. The number of primary amides is 4. The van der Waals surface area contributed by atoms with Crippen LogP contribution in [0.25, 0.3) is 0 Å². The average Bonchev–Trinajstić information content (AvgIpc) is 0.857. The molecule has 0 spiro atoms. The van der Waals surface area contributed by atoms with Crippen LogP contribution >= 0.6 is 143 Å². The topological polar surface area (TPSA) is 542 Å². The quantitative estimate of drug-likeness (QED) is 0.00939. The number of nitrogens with zero attached hydrogens (tertiary/aromatic N) is 12. The predicted molar refractivity (Wildman–Crippen MR) is 547 cm³/mol. The van der Waals surface area contributed by atoms with Gasteiger partial charge in [-0.2, -0.15) is 15.3 Å². The van der Waals surface area contributed by atoms with Crippen molar-refractivity contribution in [2.45, 2.75) is 46.1 Å². The summed E-state index contributed by atoms with van der Waals surface area (Å²) < 4.78 is 15.0. The van der Waals surface area contributed by atoms with Gasteiger partial charge in [0.25, 0.3) is 0 Å². The Morgan fingerprint density at radius 2 is 0.891 bits per heavy atom. The second-order valence-corrected chi connectivity index (χ2v) is 31.1. The Morgan fingerprint density at radius 1 is 0.488 bits per heavy atom. The lowest BCUT2D eigenvalue weighted by Gasteiger charge is -2.21. The monoisotopic (exact) mass is 2110 g/mol. The molecule has 9 aromatic carbocycles. The second-order valence-electron chi connectivity index (χ2n) is 25.5. The molecule has 0 aliphatic carbocycles. The summed E-state index contributed by atoms with van der Waals surface area (Å²) >= 11 is 59.0. The number of hydrazone groups is 2. The van der Waals surface area contributed by atoms with E-state index in [1.807, 2.05) is 72.9 Å². The zero-order valence-corrected chi connectivity index (χ0v) is 80.6. The van der Waals surface area contributed by atoms with Crippen LogP contribution in [0.2, 0.25) is 45.2 Å². The van der Waals surface area contributed by atoms with Crippen molar-refractivity contribution in [3.63, 3.8) is 0 Å². The van der Waals surface area contributed by atoms with Crippen LogP contribution in [0, 0.1) is 25.6 Å². The van der Waals surface area contributed by atoms with Crippen LogP contribution < -0.4 is 62.7 Å². The standard InChI is InChI=1S/C13H19N3.C11H12Cl2N4.C9H9BrN2O.2C9H10Cl2N4.C9H11Cl2N3.C9H9ClN2O.C9H9FN2O.C9H9IN2O/c1-3-10-6-5-7-11(4-2)12(10)8-16-9-13(14)15;12-9-3-1-4-10(13)8(9)7-16-17-6-2-5-15-11(17)14;10-8-4-2-1-3-7(8)5-12-6-9(11)13;1-15(9(12)13)14-5-6-7(10)3-2-4-8(6)11;10-7-2-1-3-8(11)6(7)4-5-14-15-9(12)13;10-7-2-1-3-8(11)6(7)4-14-5-9(12)13;3*10-8-4-2-1-3-7(8)5-12-6-9(11)13/h5-8H,3-4,9H2,1-2H3,(H3,14,15);1,3-4,7H,2,5-6H2,(H2,14,15);1-5H,6H2,(H2,11,13);2-5H,1H3,(H3,12,13);1-3,5H,4H2,(H4,12,13,15);1-3,14H,4-5H2,(H3,12,13);3*1-5H,6H2,(H2,11,13)/b;16-7+;;2*14-5+;;;;. The molecule has 42 heteroatoms. The number of carbonyl (C=O) groups excluding carboxylic acids is 4. The molecule has 0 saturated heterocycles. The number of hydrogen-bond donors (Lipinski definition) is 14. The number of nitrogens with one attached hydrogen (secondary N) is 4. The summed E-state index contributed by atoms with van der Waals surface area (Å²) in [6.07, 6.45) is 16.0. The number of hydrogen-bond acceptors (Lipinski definition) is 20. The SMILES string of the molecule is CCc1cccc(CC)c1C=NCC(=N)N.CN(/N=C/c1c(Cl)cccc1Cl)C(=N)N.N=C(N)CNCc1c(Cl)cccc1Cl.NC(=O)CN=Cc1ccccc1Br.NC(=O)CN=Cc1ccccc1Cl.NC(=O)CN=Cc1ccccc1F.NC(=O)CN=Cc1ccccc1I.NC(N)=N/N=C/Cc1c(Cl)cccc1Cl.NC1=NCCCN1/N=C/c1c(Cl)cccc1Cl. The first-order valence-electron chi connectivity index (χ1n) is 38.1. The third-order valence-corrected chi connectivity index (χ3v) is 20.2. The number of aliphatic imine (C=N–C) groups is 6. The molecule has 10 rings (SSSR count).